The number of hydrogen-bond donors (Lipinski definition) is 0. The average molecular weight is 286 g/mol. The Hall–Kier alpha value is -2.65. The van der Waals surface area contributed by atoms with Gasteiger partial charge in [-0.05, 0) is 18.2 Å². The number of pyridine rings is 2. The molecule has 0 spiro atoms. The molecule has 0 aliphatic heterocycles. The molecule has 0 saturated heterocycles. The normalized spacial score (nSPS) is 10.7. The summed E-state index contributed by atoms with van der Waals surface area (Å²) in [6.45, 7) is 0. The molecule has 0 unspecified atom stereocenters. The van der Waals surface area contributed by atoms with E-state index in [9.17, 15) is 4.79 Å². The molecule has 0 N–H and O–H groups in total. The van der Waals surface area contributed by atoms with Crippen molar-refractivity contribution in [2.75, 3.05) is 0 Å². The molecule has 0 bridgehead atoms. The number of nitrogens with zero attached hydrogens (tertiary/aromatic N) is 5. The Kier molecular flexibility index (Phi) is 2.77. The molecule has 0 aliphatic carbocycles. The maximum atomic E-state index is 12.3. The molecule has 98 valence electrons. The smallest absolute Gasteiger partial charge is 0.293 e. The van der Waals surface area contributed by atoms with Crippen LogP contribution in [0.15, 0.2) is 35.4 Å². The Bertz CT molecular complexity index is 901. The summed E-state index contributed by atoms with van der Waals surface area (Å²) in [7, 11) is 1.63. The third-order valence-electron chi connectivity index (χ3n) is 3.00. The van der Waals surface area contributed by atoms with Crippen LogP contribution in [-0.4, -0.2) is 19.1 Å². The number of aryl methyl sites for hydroxylation is 1. The van der Waals surface area contributed by atoms with Crippen molar-refractivity contribution in [1.82, 2.24) is 19.1 Å². The zero-order valence-corrected chi connectivity index (χ0v) is 11.2. The van der Waals surface area contributed by atoms with Gasteiger partial charge in [-0.1, -0.05) is 11.6 Å². The molecule has 20 heavy (non-hydrogen) atoms. The van der Waals surface area contributed by atoms with E-state index in [1.165, 1.54) is 21.5 Å². The molecule has 6 nitrogen and oxygen atoms in total. The largest absolute Gasteiger partial charge is 0.334 e. The highest BCUT2D eigenvalue weighted by Gasteiger charge is 2.14. The summed E-state index contributed by atoms with van der Waals surface area (Å²) < 4.78 is 2.87. The number of fused-ring (bicyclic) bond motifs is 1. The van der Waals surface area contributed by atoms with E-state index in [0.717, 1.165) is 0 Å². The van der Waals surface area contributed by atoms with Gasteiger partial charge in [0.05, 0.1) is 23.0 Å². The van der Waals surface area contributed by atoms with Crippen LogP contribution in [0, 0.1) is 11.3 Å². The van der Waals surface area contributed by atoms with Crippen molar-refractivity contribution in [1.29, 1.82) is 5.26 Å². The van der Waals surface area contributed by atoms with E-state index in [2.05, 4.69) is 9.97 Å². The average Bonchev–Trinajstić information content (AvgIpc) is 2.72. The number of rotatable bonds is 1. The zero-order chi connectivity index (χ0) is 14.3. The van der Waals surface area contributed by atoms with Crippen molar-refractivity contribution in [3.8, 4) is 11.8 Å². The van der Waals surface area contributed by atoms with E-state index in [1.807, 2.05) is 6.07 Å². The molecule has 0 fully saturated rings. The molecule has 0 aromatic carbocycles. The summed E-state index contributed by atoms with van der Waals surface area (Å²) >= 11 is 5.75. The van der Waals surface area contributed by atoms with Gasteiger partial charge in [-0.25, -0.2) is 19.3 Å². The number of imidazole rings is 1. The van der Waals surface area contributed by atoms with E-state index in [-0.39, 0.29) is 5.69 Å². The van der Waals surface area contributed by atoms with Crippen LogP contribution < -0.4 is 5.69 Å². The Morgan fingerprint density at radius 1 is 1.30 bits per heavy atom. The monoisotopic (exact) mass is 285 g/mol. The maximum Gasteiger partial charge on any atom is 0.334 e. The van der Waals surface area contributed by atoms with Crippen LogP contribution in [0.4, 0.5) is 0 Å². The van der Waals surface area contributed by atoms with Crippen molar-refractivity contribution < 1.29 is 0 Å². The lowest BCUT2D eigenvalue weighted by molar-refractivity contribution is 0.843. The van der Waals surface area contributed by atoms with Gasteiger partial charge in [0.1, 0.15) is 11.2 Å². The summed E-state index contributed by atoms with van der Waals surface area (Å²) in [5.74, 6) is 0. The molecule has 7 heteroatoms. The molecule has 3 aromatic heterocycles. The van der Waals surface area contributed by atoms with E-state index in [4.69, 9.17) is 16.9 Å². The Balaban J connectivity index is 2.37. The molecule has 0 radical (unpaired) electrons. The molecular weight excluding hydrogens is 278 g/mol. The van der Waals surface area contributed by atoms with Crippen LogP contribution in [0.3, 0.4) is 0 Å². The number of halogens is 1. The lowest BCUT2D eigenvalue weighted by Crippen LogP contribution is -2.21. The second-order valence-electron chi connectivity index (χ2n) is 4.19. The highest BCUT2D eigenvalue weighted by atomic mass is 35.5. The van der Waals surface area contributed by atoms with Gasteiger partial charge in [-0.15, -0.1) is 0 Å². The van der Waals surface area contributed by atoms with Crippen molar-refractivity contribution in [3.05, 3.63) is 51.8 Å². The van der Waals surface area contributed by atoms with Gasteiger partial charge in [0, 0.05) is 13.2 Å². The molecule has 3 heterocycles. The molecule has 3 rings (SSSR count). The first kappa shape index (κ1) is 12.4. The van der Waals surface area contributed by atoms with Crippen LogP contribution in [0.25, 0.3) is 16.9 Å². The minimum absolute atomic E-state index is 0.258. The van der Waals surface area contributed by atoms with Crippen LogP contribution in [0.1, 0.15) is 5.56 Å². The summed E-state index contributed by atoms with van der Waals surface area (Å²) in [6, 6.07) is 6.93. The minimum atomic E-state index is -0.258. The number of aromatic nitrogens is 4. The lowest BCUT2D eigenvalue weighted by Gasteiger charge is -2.01. The molecule has 0 atom stereocenters. The first-order valence-corrected chi connectivity index (χ1v) is 6.09. The van der Waals surface area contributed by atoms with Gasteiger partial charge in [0.2, 0.25) is 0 Å². The molecule has 3 aromatic rings. The van der Waals surface area contributed by atoms with E-state index in [1.54, 1.807) is 25.2 Å². The summed E-state index contributed by atoms with van der Waals surface area (Å²) in [4.78, 5) is 20.5. The second kappa shape index (κ2) is 4.47. The van der Waals surface area contributed by atoms with Crippen molar-refractivity contribution >= 4 is 22.8 Å². The standard InChI is InChI=1S/C13H8ClN5O/c1-18-10-4-8(5-15)6-17-12(10)19(13(18)20)9-2-3-11(14)16-7-9/h2-4,6-7H,1H3. The number of hydrogen-bond acceptors (Lipinski definition) is 4. The van der Waals surface area contributed by atoms with Gasteiger partial charge in [0.15, 0.2) is 5.65 Å². The highest BCUT2D eigenvalue weighted by molar-refractivity contribution is 6.29. The maximum absolute atomic E-state index is 12.3. The summed E-state index contributed by atoms with van der Waals surface area (Å²) in [5.41, 5.74) is 1.78. The number of nitriles is 1. The van der Waals surface area contributed by atoms with Gasteiger partial charge in [-0.2, -0.15) is 5.26 Å². The van der Waals surface area contributed by atoms with Crippen molar-refractivity contribution in [2.24, 2.45) is 7.05 Å². The van der Waals surface area contributed by atoms with Gasteiger partial charge in [-0.3, -0.25) is 4.57 Å². The fourth-order valence-electron chi connectivity index (χ4n) is 2.00. The lowest BCUT2D eigenvalue weighted by atomic mass is 10.3. The topological polar surface area (TPSA) is 76.5 Å². The van der Waals surface area contributed by atoms with Crippen molar-refractivity contribution in [3.63, 3.8) is 0 Å². The van der Waals surface area contributed by atoms with E-state index in [0.29, 0.717) is 27.6 Å². The van der Waals surface area contributed by atoms with Crippen LogP contribution in [-0.2, 0) is 7.05 Å². The van der Waals surface area contributed by atoms with E-state index < -0.39 is 0 Å². The fourth-order valence-corrected chi connectivity index (χ4v) is 2.11. The van der Waals surface area contributed by atoms with Crippen LogP contribution in [0.5, 0.6) is 0 Å². The quantitative estimate of drug-likeness (QED) is 0.637. The fraction of sp³-hybridized carbons (Fsp3) is 0.0769. The molecule has 0 saturated carbocycles. The predicted molar refractivity (Wildman–Crippen MR) is 73.8 cm³/mol. The van der Waals surface area contributed by atoms with Crippen molar-refractivity contribution in [2.45, 2.75) is 0 Å². The third kappa shape index (κ3) is 1.76. The van der Waals surface area contributed by atoms with E-state index >= 15 is 0 Å². The van der Waals surface area contributed by atoms with Crippen LogP contribution in [0.2, 0.25) is 5.15 Å². The molecule has 0 aliphatic rings. The zero-order valence-electron chi connectivity index (χ0n) is 10.4. The van der Waals surface area contributed by atoms with Gasteiger partial charge >= 0.3 is 5.69 Å². The first-order chi connectivity index (χ1) is 9.61. The summed E-state index contributed by atoms with van der Waals surface area (Å²) in [5, 5.41) is 9.25. The minimum Gasteiger partial charge on any atom is -0.293 e. The second-order valence-corrected chi connectivity index (χ2v) is 4.58. The highest BCUT2D eigenvalue weighted by Crippen LogP contribution is 2.16. The predicted octanol–water partition coefficient (Wildman–Crippen LogP) is 1.64. The Labute approximate surface area is 118 Å². The van der Waals surface area contributed by atoms with Gasteiger partial charge < -0.3 is 0 Å². The van der Waals surface area contributed by atoms with Crippen LogP contribution >= 0.6 is 11.6 Å². The first-order valence-electron chi connectivity index (χ1n) is 5.71. The summed E-state index contributed by atoms with van der Waals surface area (Å²) in [6.07, 6.45) is 2.94. The molecule has 0 amide bonds. The third-order valence-corrected chi connectivity index (χ3v) is 3.22. The van der Waals surface area contributed by atoms with Gasteiger partial charge in [0.25, 0.3) is 0 Å². The SMILES string of the molecule is Cn1c(=O)n(-c2ccc(Cl)nc2)c2ncc(C#N)cc21. The molecular formula is C13H8ClN5O. The Morgan fingerprint density at radius 2 is 2.10 bits per heavy atom. The Morgan fingerprint density at radius 3 is 2.75 bits per heavy atom.